The second-order valence-electron chi connectivity index (χ2n) is 7.62. The summed E-state index contributed by atoms with van der Waals surface area (Å²) in [7, 11) is 0. The molecule has 0 aliphatic carbocycles. The number of amides is 2. The summed E-state index contributed by atoms with van der Waals surface area (Å²) in [4.78, 5) is 29.5. The molecule has 136 valence electrons. The van der Waals surface area contributed by atoms with E-state index in [-0.39, 0.29) is 17.9 Å². The molecule has 0 saturated carbocycles. The Morgan fingerprint density at radius 3 is 2.44 bits per heavy atom. The fraction of sp³-hybridized carbons (Fsp3) is 0.600. The van der Waals surface area contributed by atoms with E-state index in [9.17, 15) is 9.59 Å². The summed E-state index contributed by atoms with van der Waals surface area (Å²) in [5.74, 6) is 0.325. The van der Waals surface area contributed by atoms with E-state index in [4.69, 9.17) is 0 Å². The molecule has 0 unspecified atom stereocenters. The van der Waals surface area contributed by atoms with Gasteiger partial charge in [-0.2, -0.15) is 0 Å². The lowest BCUT2D eigenvalue weighted by Crippen LogP contribution is -2.57. The van der Waals surface area contributed by atoms with Crippen LogP contribution in [0.4, 0.5) is 0 Å². The van der Waals surface area contributed by atoms with E-state index in [1.165, 1.54) is 0 Å². The van der Waals surface area contributed by atoms with Gasteiger partial charge in [0.15, 0.2) is 0 Å². The Hall–Kier alpha value is -1.88. The molecule has 2 fully saturated rings. The highest BCUT2D eigenvalue weighted by atomic mass is 16.2. The minimum Gasteiger partial charge on any atom is -0.355 e. The highest BCUT2D eigenvalue weighted by Crippen LogP contribution is 2.26. The lowest BCUT2D eigenvalue weighted by Gasteiger charge is -2.41. The number of rotatable bonds is 3. The van der Waals surface area contributed by atoms with Crippen molar-refractivity contribution in [3.63, 3.8) is 0 Å². The molecule has 2 saturated heterocycles. The van der Waals surface area contributed by atoms with Crippen LogP contribution in [0.25, 0.3) is 0 Å². The number of piperazine rings is 1. The zero-order valence-corrected chi connectivity index (χ0v) is 15.3. The molecule has 25 heavy (non-hydrogen) atoms. The van der Waals surface area contributed by atoms with Crippen molar-refractivity contribution in [3.05, 3.63) is 35.9 Å². The Balaban J connectivity index is 1.62. The highest BCUT2D eigenvalue weighted by Gasteiger charge is 2.37. The molecule has 0 spiro atoms. The number of carbonyl (C=O) groups is 2. The molecule has 5 nitrogen and oxygen atoms in total. The van der Waals surface area contributed by atoms with Crippen molar-refractivity contribution < 1.29 is 9.59 Å². The van der Waals surface area contributed by atoms with Crippen molar-refractivity contribution in [3.8, 4) is 0 Å². The van der Waals surface area contributed by atoms with Crippen molar-refractivity contribution in [2.24, 2.45) is 0 Å². The Morgan fingerprint density at radius 1 is 1.08 bits per heavy atom. The van der Waals surface area contributed by atoms with Crippen LogP contribution in [0.5, 0.6) is 0 Å². The van der Waals surface area contributed by atoms with E-state index in [0.717, 1.165) is 44.5 Å². The standard InChI is InChI=1S/C20H29N3O2/c1-20(2,16-8-4-3-5-9-16)19(25)23-14-12-22(13-15-23)17-10-6-7-11-21-18(17)24/h3-5,8-9,17H,6-7,10-15H2,1-2H3,(H,21,24)/t17-/m1/s1. The van der Waals surface area contributed by atoms with Gasteiger partial charge in [-0.05, 0) is 38.7 Å². The minimum atomic E-state index is -0.525. The van der Waals surface area contributed by atoms with Gasteiger partial charge in [-0.25, -0.2) is 0 Å². The summed E-state index contributed by atoms with van der Waals surface area (Å²) in [5.41, 5.74) is 0.522. The number of hydrogen-bond donors (Lipinski definition) is 1. The maximum absolute atomic E-state index is 13.1. The maximum atomic E-state index is 13.1. The molecule has 1 N–H and O–H groups in total. The number of hydrogen-bond acceptors (Lipinski definition) is 3. The van der Waals surface area contributed by atoms with Crippen LogP contribution in [-0.4, -0.2) is 60.4 Å². The van der Waals surface area contributed by atoms with Crippen molar-refractivity contribution in [1.82, 2.24) is 15.1 Å². The summed E-state index contributed by atoms with van der Waals surface area (Å²) in [5, 5.41) is 3.01. The number of nitrogens with zero attached hydrogens (tertiary/aromatic N) is 2. The quantitative estimate of drug-likeness (QED) is 0.910. The summed E-state index contributed by atoms with van der Waals surface area (Å²) in [6, 6.07) is 9.94. The largest absolute Gasteiger partial charge is 0.355 e. The Labute approximate surface area is 150 Å². The molecule has 2 heterocycles. The average molecular weight is 343 g/mol. The number of nitrogens with one attached hydrogen (secondary N) is 1. The van der Waals surface area contributed by atoms with Crippen molar-refractivity contribution in [2.45, 2.75) is 44.6 Å². The van der Waals surface area contributed by atoms with Gasteiger partial charge in [-0.15, -0.1) is 0 Å². The van der Waals surface area contributed by atoms with E-state index < -0.39 is 5.41 Å². The minimum absolute atomic E-state index is 0.0260. The van der Waals surface area contributed by atoms with Gasteiger partial charge >= 0.3 is 0 Å². The van der Waals surface area contributed by atoms with Crippen LogP contribution < -0.4 is 5.32 Å². The van der Waals surface area contributed by atoms with Gasteiger partial charge in [0.05, 0.1) is 11.5 Å². The van der Waals surface area contributed by atoms with Crippen molar-refractivity contribution in [2.75, 3.05) is 32.7 Å². The van der Waals surface area contributed by atoms with Gasteiger partial charge in [0.25, 0.3) is 0 Å². The molecular formula is C20H29N3O2. The predicted molar refractivity (Wildman–Crippen MR) is 98.3 cm³/mol. The number of benzene rings is 1. The molecule has 1 aromatic rings. The topological polar surface area (TPSA) is 52.7 Å². The second kappa shape index (κ2) is 7.56. The van der Waals surface area contributed by atoms with Crippen LogP contribution in [0.3, 0.4) is 0 Å². The maximum Gasteiger partial charge on any atom is 0.237 e. The van der Waals surface area contributed by atoms with Crippen molar-refractivity contribution >= 4 is 11.8 Å². The summed E-state index contributed by atoms with van der Waals surface area (Å²) in [6.45, 7) is 7.71. The van der Waals surface area contributed by atoms with Crippen LogP contribution in [-0.2, 0) is 15.0 Å². The smallest absolute Gasteiger partial charge is 0.237 e. The SMILES string of the molecule is CC(C)(C(=O)N1CCN([C@@H]2CCCCNC2=O)CC1)c1ccccc1. The molecule has 2 amide bonds. The molecule has 0 bridgehead atoms. The Bertz CT molecular complexity index is 607. The average Bonchev–Trinajstić information content (AvgIpc) is 2.86. The summed E-state index contributed by atoms with van der Waals surface area (Å²) < 4.78 is 0. The fourth-order valence-electron chi connectivity index (χ4n) is 3.88. The first kappa shape index (κ1) is 17.9. The van der Waals surface area contributed by atoms with Gasteiger partial charge in [0.1, 0.15) is 0 Å². The van der Waals surface area contributed by atoms with Crippen LogP contribution in [0.15, 0.2) is 30.3 Å². The van der Waals surface area contributed by atoms with Crippen LogP contribution in [0, 0.1) is 0 Å². The first-order chi connectivity index (χ1) is 12.0. The Morgan fingerprint density at radius 2 is 1.76 bits per heavy atom. The Kier molecular flexibility index (Phi) is 5.42. The molecule has 0 radical (unpaired) electrons. The molecule has 2 aliphatic heterocycles. The molecular weight excluding hydrogens is 314 g/mol. The van der Waals surface area contributed by atoms with Crippen LogP contribution in [0.1, 0.15) is 38.7 Å². The zero-order chi connectivity index (χ0) is 17.9. The predicted octanol–water partition coefficient (Wildman–Crippen LogP) is 1.78. The van der Waals surface area contributed by atoms with E-state index in [1.54, 1.807) is 0 Å². The van der Waals surface area contributed by atoms with Gasteiger partial charge in [0.2, 0.25) is 11.8 Å². The van der Waals surface area contributed by atoms with E-state index in [2.05, 4.69) is 10.2 Å². The van der Waals surface area contributed by atoms with Gasteiger partial charge in [0, 0.05) is 32.7 Å². The first-order valence-corrected chi connectivity index (χ1v) is 9.37. The van der Waals surface area contributed by atoms with E-state index in [1.807, 2.05) is 49.1 Å². The third kappa shape index (κ3) is 3.87. The third-order valence-electron chi connectivity index (χ3n) is 5.58. The molecule has 3 rings (SSSR count). The van der Waals surface area contributed by atoms with Crippen LogP contribution in [0.2, 0.25) is 0 Å². The lowest BCUT2D eigenvalue weighted by molar-refractivity contribution is -0.139. The molecule has 1 aromatic carbocycles. The lowest BCUT2D eigenvalue weighted by atomic mass is 9.83. The van der Waals surface area contributed by atoms with Gasteiger partial charge in [-0.1, -0.05) is 30.3 Å². The molecule has 1 atom stereocenters. The highest BCUT2D eigenvalue weighted by molar-refractivity contribution is 5.87. The fourth-order valence-corrected chi connectivity index (χ4v) is 3.88. The first-order valence-electron chi connectivity index (χ1n) is 9.37. The van der Waals surface area contributed by atoms with Crippen molar-refractivity contribution in [1.29, 1.82) is 0 Å². The molecule has 0 aromatic heterocycles. The van der Waals surface area contributed by atoms with Crippen LogP contribution >= 0.6 is 0 Å². The van der Waals surface area contributed by atoms with Gasteiger partial charge < -0.3 is 10.2 Å². The second-order valence-corrected chi connectivity index (χ2v) is 7.62. The molecule has 2 aliphatic rings. The van der Waals surface area contributed by atoms with E-state index in [0.29, 0.717) is 13.1 Å². The summed E-state index contributed by atoms with van der Waals surface area (Å²) >= 11 is 0. The normalized spacial score (nSPS) is 23.0. The van der Waals surface area contributed by atoms with Gasteiger partial charge in [-0.3, -0.25) is 14.5 Å². The monoisotopic (exact) mass is 343 g/mol. The van der Waals surface area contributed by atoms with E-state index >= 15 is 0 Å². The molecule has 5 heteroatoms. The summed E-state index contributed by atoms with van der Waals surface area (Å²) in [6.07, 6.45) is 3.07. The third-order valence-corrected chi connectivity index (χ3v) is 5.58. The number of carbonyl (C=O) groups excluding carboxylic acids is 2. The zero-order valence-electron chi connectivity index (χ0n) is 15.3.